The summed E-state index contributed by atoms with van der Waals surface area (Å²) in [6.07, 6.45) is 6.08. The molecule has 20 heavy (non-hydrogen) atoms. The molecule has 0 spiro atoms. The minimum absolute atomic E-state index is 0.126. The van der Waals surface area contributed by atoms with Crippen LogP contribution in [0.5, 0.6) is 0 Å². The van der Waals surface area contributed by atoms with E-state index in [1.165, 1.54) is 18.7 Å². The van der Waals surface area contributed by atoms with Gasteiger partial charge in [0, 0.05) is 28.7 Å². The Hall–Kier alpha value is -1.46. The van der Waals surface area contributed by atoms with Crippen LogP contribution in [-0.4, -0.2) is 16.1 Å². The van der Waals surface area contributed by atoms with Gasteiger partial charge in [-0.3, -0.25) is 5.32 Å². The highest BCUT2D eigenvalue weighted by molar-refractivity contribution is 5.84. The maximum absolute atomic E-state index is 13.9. The van der Waals surface area contributed by atoms with Crippen molar-refractivity contribution in [3.8, 4) is 0 Å². The van der Waals surface area contributed by atoms with Crippen molar-refractivity contribution >= 4 is 10.9 Å². The van der Waals surface area contributed by atoms with Crippen LogP contribution >= 0.6 is 0 Å². The summed E-state index contributed by atoms with van der Waals surface area (Å²) in [4.78, 5) is 2.87. The smallest absolute Gasteiger partial charge is 0.168 e. The Morgan fingerprint density at radius 3 is 2.70 bits per heavy atom. The first-order valence-electron chi connectivity index (χ1n) is 7.06. The van der Waals surface area contributed by atoms with E-state index in [0.29, 0.717) is 11.1 Å². The minimum Gasteiger partial charge on any atom is -0.374 e. The number of benzene rings is 1. The predicted molar refractivity (Wildman–Crippen MR) is 73.2 cm³/mol. The second-order valence-electron chi connectivity index (χ2n) is 5.43. The number of aliphatic hydroxyl groups is 1. The van der Waals surface area contributed by atoms with E-state index >= 15 is 0 Å². The van der Waals surface area contributed by atoms with E-state index in [4.69, 9.17) is 0 Å². The number of fused-ring (bicyclic) bond motifs is 1. The average Bonchev–Trinajstić information content (AvgIpc) is 2.89. The Kier molecular flexibility index (Phi) is 3.72. The summed E-state index contributed by atoms with van der Waals surface area (Å²) in [5.41, 5.74) is 0.853. The number of hydrogen-bond acceptors (Lipinski definition) is 2. The summed E-state index contributed by atoms with van der Waals surface area (Å²) < 4.78 is 27.2. The van der Waals surface area contributed by atoms with Gasteiger partial charge >= 0.3 is 0 Å². The van der Waals surface area contributed by atoms with Crippen molar-refractivity contribution in [2.24, 2.45) is 0 Å². The first-order valence-corrected chi connectivity index (χ1v) is 7.06. The standard InChI is InChI=1S/C15H18F2N2O/c16-11-6-7-12-13(14(11)17)10(8-18-12)15(20)19-9-4-2-1-3-5-9/h6-9,15,18-20H,1-5H2. The lowest BCUT2D eigenvalue weighted by Crippen LogP contribution is -2.34. The maximum Gasteiger partial charge on any atom is 0.168 e. The van der Waals surface area contributed by atoms with E-state index in [1.807, 2.05) is 0 Å². The Bertz CT molecular complexity index is 605. The molecule has 108 valence electrons. The van der Waals surface area contributed by atoms with E-state index in [-0.39, 0.29) is 11.4 Å². The highest BCUT2D eigenvalue weighted by Gasteiger charge is 2.22. The quantitative estimate of drug-likeness (QED) is 0.755. The lowest BCUT2D eigenvalue weighted by atomic mass is 9.95. The molecule has 5 heteroatoms. The Morgan fingerprint density at radius 2 is 1.95 bits per heavy atom. The molecule has 1 atom stereocenters. The number of rotatable bonds is 3. The number of aromatic nitrogens is 1. The summed E-state index contributed by atoms with van der Waals surface area (Å²) in [5.74, 6) is -1.81. The molecule has 0 bridgehead atoms. The monoisotopic (exact) mass is 280 g/mol. The molecule has 1 heterocycles. The van der Waals surface area contributed by atoms with Crippen molar-refractivity contribution in [2.45, 2.75) is 44.4 Å². The van der Waals surface area contributed by atoms with Crippen LogP contribution in [-0.2, 0) is 0 Å². The molecule has 1 aliphatic rings. The summed E-state index contributed by atoms with van der Waals surface area (Å²) in [5, 5.41) is 13.5. The first-order chi connectivity index (χ1) is 9.66. The first kappa shape index (κ1) is 13.5. The SMILES string of the molecule is OC(NC1CCCCC1)c1c[nH]c2ccc(F)c(F)c12. The van der Waals surface area contributed by atoms with Gasteiger partial charge in [0.25, 0.3) is 0 Å². The van der Waals surface area contributed by atoms with Crippen LogP contribution in [0.1, 0.15) is 43.9 Å². The number of nitrogens with one attached hydrogen (secondary N) is 2. The molecule has 1 saturated carbocycles. The van der Waals surface area contributed by atoms with Crippen molar-refractivity contribution in [1.82, 2.24) is 10.3 Å². The van der Waals surface area contributed by atoms with Crippen LogP contribution in [0.15, 0.2) is 18.3 Å². The lowest BCUT2D eigenvalue weighted by molar-refractivity contribution is 0.115. The molecule has 3 rings (SSSR count). The number of hydrogen-bond donors (Lipinski definition) is 3. The van der Waals surface area contributed by atoms with Crippen molar-refractivity contribution in [3.05, 3.63) is 35.5 Å². The van der Waals surface area contributed by atoms with Crippen molar-refractivity contribution in [1.29, 1.82) is 0 Å². The van der Waals surface area contributed by atoms with E-state index in [2.05, 4.69) is 10.3 Å². The summed E-state index contributed by atoms with van der Waals surface area (Å²) in [6, 6.07) is 2.80. The Labute approximate surface area is 116 Å². The molecule has 0 aliphatic heterocycles. The fourth-order valence-electron chi connectivity index (χ4n) is 2.98. The summed E-state index contributed by atoms with van der Waals surface area (Å²) >= 11 is 0. The van der Waals surface area contributed by atoms with Crippen LogP contribution in [0.25, 0.3) is 10.9 Å². The van der Waals surface area contributed by atoms with Gasteiger partial charge in [0.2, 0.25) is 0 Å². The topological polar surface area (TPSA) is 48.0 Å². The van der Waals surface area contributed by atoms with Crippen molar-refractivity contribution < 1.29 is 13.9 Å². The van der Waals surface area contributed by atoms with Gasteiger partial charge in [-0.05, 0) is 25.0 Å². The third-order valence-electron chi connectivity index (χ3n) is 4.06. The Balaban J connectivity index is 1.87. The van der Waals surface area contributed by atoms with E-state index < -0.39 is 17.9 Å². The van der Waals surface area contributed by atoms with Gasteiger partial charge in [-0.15, -0.1) is 0 Å². The summed E-state index contributed by atoms with van der Waals surface area (Å²) in [7, 11) is 0. The second-order valence-corrected chi connectivity index (χ2v) is 5.43. The number of aliphatic hydroxyl groups excluding tert-OH is 1. The van der Waals surface area contributed by atoms with Crippen LogP contribution in [0.2, 0.25) is 0 Å². The second kappa shape index (κ2) is 5.50. The van der Waals surface area contributed by atoms with Gasteiger partial charge in [-0.1, -0.05) is 19.3 Å². The van der Waals surface area contributed by atoms with Gasteiger partial charge < -0.3 is 10.1 Å². The van der Waals surface area contributed by atoms with Gasteiger partial charge in [-0.2, -0.15) is 0 Å². The fourth-order valence-corrected chi connectivity index (χ4v) is 2.98. The molecule has 3 N–H and O–H groups in total. The van der Waals surface area contributed by atoms with Gasteiger partial charge in [0.15, 0.2) is 11.6 Å². The van der Waals surface area contributed by atoms with Crippen molar-refractivity contribution in [3.63, 3.8) is 0 Å². The molecular formula is C15H18F2N2O. The highest BCUT2D eigenvalue weighted by atomic mass is 19.2. The minimum atomic E-state index is -0.983. The van der Waals surface area contributed by atoms with Gasteiger partial charge in [-0.25, -0.2) is 8.78 Å². The molecule has 1 unspecified atom stereocenters. The molecule has 3 nitrogen and oxygen atoms in total. The molecule has 0 saturated heterocycles. The average molecular weight is 280 g/mol. The molecule has 1 aromatic heterocycles. The molecule has 0 radical (unpaired) electrons. The number of halogens is 2. The highest BCUT2D eigenvalue weighted by Crippen LogP contribution is 2.28. The van der Waals surface area contributed by atoms with Crippen LogP contribution < -0.4 is 5.32 Å². The zero-order chi connectivity index (χ0) is 14.1. The fraction of sp³-hybridized carbons (Fsp3) is 0.467. The van der Waals surface area contributed by atoms with Crippen LogP contribution in [0.3, 0.4) is 0 Å². The largest absolute Gasteiger partial charge is 0.374 e. The number of H-pyrrole nitrogens is 1. The van der Waals surface area contributed by atoms with Crippen LogP contribution in [0.4, 0.5) is 8.78 Å². The molecule has 2 aromatic rings. The third-order valence-corrected chi connectivity index (χ3v) is 4.06. The molecule has 1 aliphatic carbocycles. The molecule has 1 fully saturated rings. The van der Waals surface area contributed by atoms with E-state index in [0.717, 1.165) is 31.7 Å². The van der Waals surface area contributed by atoms with Crippen LogP contribution in [0, 0.1) is 11.6 Å². The molecular weight excluding hydrogens is 262 g/mol. The summed E-state index contributed by atoms with van der Waals surface area (Å²) in [6.45, 7) is 0. The third kappa shape index (κ3) is 2.43. The zero-order valence-electron chi connectivity index (χ0n) is 11.1. The zero-order valence-corrected chi connectivity index (χ0v) is 11.1. The number of aromatic amines is 1. The Morgan fingerprint density at radius 1 is 1.20 bits per heavy atom. The molecule has 0 amide bonds. The van der Waals surface area contributed by atoms with E-state index in [9.17, 15) is 13.9 Å². The lowest BCUT2D eigenvalue weighted by Gasteiger charge is -2.25. The normalized spacial score (nSPS) is 18.6. The molecule has 1 aromatic carbocycles. The van der Waals surface area contributed by atoms with E-state index in [1.54, 1.807) is 0 Å². The predicted octanol–water partition coefficient (Wildman–Crippen LogP) is 3.36. The van der Waals surface area contributed by atoms with Gasteiger partial charge in [0.1, 0.15) is 6.23 Å². The maximum atomic E-state index is 13.9. The van der Waals surface area contributed by atoms with Gasteiger partial charge in [0.05, 0.1) is 0 Å². The van der Waals surface area contributed by atoms with Crippen molar-refractivity contribution in [2.75, 3.05) is 0 Å².